The lowest BCUT2D eigenvalue weighted by Gasteiger charge is -2.18. The Morgan fingerprint density at radius 2 is 2.23 bits per heavy atom. The molecule has 2 aromatic rings. The van der Waals surface area contributed by atoms with Crippen molar-refractivity contribution in [2.24, 2.45) is 11.3 Å². The van der Waals surface area contributed by atoms with Crippen molar-refractivity contribution >= 4 is 11.8 Å². The number of urea groups is 1. The van der Waals surface area contributed by atoms with E-state index in [0.717, 1.165) is 6.07 Å². The average Bonchev–Trinajstić information content (AvgIpc) is 3.08. The molecule has 2 aliphatic rings. The van der Waals surface area contributed by atoms with Crippen LogP contribution in [0.5, 0.6) is 0 Å². The molecule has 0 radical (unpaired) electrons. The third-order valence-corrected chi connectivity index (χ3v) is 5.65. The van der Waals surface area contributed by atoms with Gasteiger partial charge in [0.1, 0.15) is 11.9 Å². The summed E-state index contributed by atoms with van der Waals surface area (Å²) in [6.07, 6.45) is 7.96. The minimum absolute atomic E-state index is 0.181. The number of hydrogen-bond donors (Lipinski definition) is 2. The molecule has 4 rings (SSSR count). The first kappa shape index (κ1) is 16.6. The summed E-state index contributed by atoms with van der Waals surface area (Å²) < 4.78 is 14.7. The van der Waals surface area contributed by atoms with E-state index in [1.807, 2.05) is 6.07 Å². The number of aromatic nitrogens is 2. The molecule has 2 saturated carbocycles. The zero-order chi connectivity index (χ0) is 18.1. The van der Waals surface area contributed by atoms with Gasteiger partial charge in [-0.3, -0.25) is 5.32 Å². The Kier molecular flexibility index (Phi) is 4.11. The Balaban J connectivity index is 1.38. The minimum Gasteiger partial charge on any atom is -0.338 e. The molecule has 2 amide bonds. The molecular formula is C19H20FN5O. The van der Waals surface area contributed by atoms with E-state index in [2.05, 4.69) is 15.7 Å². The lowest BCUT2D eigenvalue weighted by molar-refractivity contribution is 0.247. The molecular weight excluding hydrogens is 333 g/mol. The molecule has 1 atom stereocenters. The summed E-state index contributed by atoms with van der Waals surface area (Å²) in [6, 6.07) is 7.23. The molecule has 0 bridgehead atoms. The summed E-state index contributed by atoms with van der Waals surface area (Å²) in [7, 11) is 0. The molecule has 1 aromatic carbocycles. The van der Waals surface area contributed by atoms with Crippen LogP contribution in [-0.4, -0.2) is 22.4 Å². The molecule has 1 heterocycles. The highest BCUT2D eigenvalue weighted by Gasteiger charge is 2.51. The molecule has 1 unspecified atom stereocenters. The van der Waals surface area contributed by atoms with Gasteiger partial charge in [-0.05, 0) is 55.2 Å². The maximum absolute atomic E-state index is 13.3. The van der Waals surface area contributed by atoms with Crippen molar-refractivity contribution in [3.63, 3.8) is 0 Å². The maximum Gasteiger partial charge on any atom is 0.320 e. The Morgan fingerprint density at radius 1 is 1.38 bits per heavy atom. The number of hydrogen-bond acceptors (Lipinski definition) is 3. The van der Waals surface area contributed by atoms with E-state index < -0.39 is 5.82 Å². The van der Waals surface area contributed by atoms with Gasteiger partial charge in [0, 0.05) is 18.8 Å². The van der Waals surface area contributed by atoms with Crippen molar-refractivity contribution in [2.45, 2.75) is 32.1 Å². The van der Waals surface area contributed by atoms with Gasteiger partial charge in [0.2, 0.25) is 0 Å². The van der Waals surface area contributed by atoms with Crippen LogP contribution in [-0.2, 0) is 0 Å². The Hall–Kier alpha value is -2.88. The summed E-state index contributed by atoms with van der Waals surface area (Å²) in [5, 5.41) is 19.1. The highest BCUT2D eigenvalue weighted by Crippen LogP contribution is 2.60. The van der Waals surface area contributed by atoms with Gasteiger partial charge in [-0.15, -0.1) is 5.10 Å². The highest BCUT2D eigenvalue weighted by atomic mass is 19.1. The van der Waals surface area contributed by atoms with E-state index in [0.29, 0.717) is 29.4 Å². The molecule has 2 N–H and O–H groups in total. The van der Waals surface area contributed by atoms with Crippen molar-refractivity contribution in [3.05, 3.63) is 41.8 Å². The second-order valence-corrected chi connectivity index (χ2v) is 7.21. The molecule has 7 heteroatoms. The Labute approximate surface area is 151 Å². The number of halogens is 1. The van der Waals surface area contributed by atoms with Crippen molar-refractivity contribution in [1.82, 2.24) is 15.1 Å². The first-order chi connectivity index (χ1) is 12.6. The number of rotatable bonds is 4. The summed E-state index contributed by atoms with van der Waals surface area (Å²) in [4.78, 5) is 12.1. The third-order valence-electron chi connectivity index (χ3n) is 5.65. The molecule has 1 aromatic heterocycles. The standard InChI is InChI=1S/C19H20FN5O/c20-15-3-4-16(13(10-15)11-21)25-9-5-17(24-25)23-18(26)22-12-14-2-1-6-19(14)7-8-19/h3-5,9-10,14H,1-2,6-8,12H2,(H2,22,23,24,26). The highest BCUT2D eigenvalue weighted by molar-refractivity contribution is 5.88. The van der Waals surface area contributed by atoms with Gasteiger partial charge >= 0.3 is 6.03 Å². The van der Waals surface area contributed by atoms with Crippen LogP contribution < -0.4 is 10.6 Å². The Morgan fingerprint density at radius 3 is 3.00 bits per heavy atom. The quantitative estimate of drug-likeness (QED) is 0.881. The van der Waals surface area contributed by atoms with Crippen LogP contribution in [0.2, 0.25) is 0 Å². The number of nitrogens with one attached hydrogen (secondary N) is 2. The topological polar surface area (TPSA) is 82.7 Å². The van der Waals surface area contributed by atoms with Crippen LogP contribution in [0, 0.1) is 28.5 Å². The number of benzene rings is 1. The van der Waals surface area contributed by atoms with Crippen molar-refractivity contribution in [2.75, 3.05) is 11.9 Å². The number of nitriles is 1. The summed E-state index contributed by atoms with van der Waals surface area (Å²) in [5.74, 6) is 0.488. The van der Waals surface area contributed by atoms with Gasteiger partial charge in [-0.2, -0.15) is 5.26 Å². The fourth-order valence-electron chi connectivity index (χ4n) is 4.05. The van der Waals surface area contributed by atoms with Crippen molar-refractivity contribution in [1.29, 1.82) is 5.26 Å². The number of anilines is 1. The summed E-state index contributed by atoms with van der Waals surface area (Å²) >= 11 is 0. The minimum atomic E-state index is -0.476. The lowest BCUT2D eigenvalue weighted by atomic mass is 9.93. The Bertz CT molecular complexity index is 880. The third kappa shape index (κ3) is 3.15. The zero-order valence-electron chi connectivity index (χ0n) is 14.3. The number of carbonyl (C=O) groups excluding carboxylic acids is 1. The second kappa shape index (κ2) is 6.45. The van der Waals surface area contributed by atoms with Crippen LogP contribution in [0.3, 0.4) is 0 Å². The van der Waals surface area contributed by atoms with Crippen LogP contribution in [0.1, 0.15) is 37.7 Å². The van der Waals surface area contributed by atoms with Gasteiger partial charge in [0.05, 0.1) is 11.3 Å². The molecule has 26 heavy (non-hydrogen) atoms. The lowest BCUT2D eigenvalue weighted by Crippen LogP contribution is -2.34. The zero-order valence-corrected chi connectivity index (χ0v) is 14.3. The fourth-order valence-corrected chi connectivity index (χ4v) is 4.05. The van der Waals surface area contributed by atoms with Crippen molar-refractivity contribution < 1.29 is 9.18 Å². The van der Waals surface area contributed by atoms with Gasteiger partial charge in [0.15, 0.2) is 5.82 Å². The predicted molar refractivity (Wildman–Crippen MR) is 94.3 cm³/mol. The largest absolute Gasteiger partial charge is 0.338 e. The number of amides is 2. The van der Waals surface area contributed by atoms with Crippen LogP contribution in [0.25, 0.3) is 5.69 Å². The first-order valence-corrected chi connectivity index (χ1v) is 8.90. The van der Waals surface area contributed by atoms with E-state index in [1.165, 1.54) is 48.9 Å². The summed E-state index contributed by atoms with van der Waals surface area (Å²) in [5.41, 5.74) is 1.15. The molecule has 2 fully saturated rings. The van der Waals surface area contributed by atoms with E-state index in [9.17, 15) is 9.18 Å². The average molecular weight is 353 g/mol. The van der Waals surface area contributed by atoms with Crippen molar-refractivity contribution in [3.8, 4) is 11.8 Å². The first-order valence-electron chi connectivity index (χ1n) is 8.90. The monoisotopic (exact) mass is 353 g/mol. The fraction of sp³-hybridized carbons (Fsp3) is 0.421. The van der Waals surface area contributed by atoms with E-state index in [1.54, 1.807) is 12.3 Å². The van der Waals surface area contributed by atoms with Crippen LogP contribution >= 0.6 is 0 Å². The second-order valence-electron chi connectivity index (χ2n) is 7.21. The molecule has 0 saturated heterocycles. The molecule has 6 nitrogen and oxygen atoms in total. The maximum atomic E-state index is 13.3. The van der Waals surface area contributed by atoms with Gasteiger partial charge in [0.25, 0.3) is 0 Å². The molecule has 0 aliphatic heterocycles. The molecule has 134 valence electrons. The van der Waals surface area contributed by atoms with Crippen LogP contribution in [0.4, 0.5) is 15.0 Å². The number of nitrogens with zero attached hydrogens (tertiary/aromatic N) is 3. The van der Waals surface area contributed by atoms with Crippen LogP contribution in [0.15, 0.2) is 30.5 Å². The van der Waals surface area contributed by atoms with E-state index in [4.69, 9.17) is 5.26 Å². The summed E-state index contributed by atoms with van der Waals surface area (Å²) in [6.45, 7) is 0.698. The normalized spacial score (nSPS) is 19.9. The molecule has 2 aliphatic carbocycles. The van der Waals surface area contributed by atoms with E-state index in [-0.39, 0.29) is 11.6 Å². The van der Waals surface area contributed by atoms with E-state index >= 15 is 0 Å². The van der Waals surface area contributed by atoms with Gasteiger partial charge in [-0.1, -0.05) is 6.42 Å². The molecule has 1 spiro atoms. The smallest absolute Gasteiger partial charge is 0.320 e. The van der Waals surface area contributed by atoms with Gasteiger partial charge < -0.3 is 5.32 Å². The van der Waals surface area contributed by atoms with Gasteiger partial charge in [-0.25, -0.2) is 13.9 Å². The number of carbonyl (C=O) groups is 1. The predicted octanol–water partition coefficient (Wildman–Crippen LogP) is 3.58. The SMILES string of the molecule is N#Cc1cc(F)ccc1-n1ccc(NC(=O)NCC2CCCC23CC3)n1.